The minimum absolute atomic E-state index is 0.0115. The maximum absolute atomic E-state index is 13.9. The van der Waals surface area contributed by atoms with Crippen molar-refractivity contribution in [3.05, 3.63) is 77.4 Å². The van der Waals surface area contributed by atoms with Crippen molar-refractivity contribution in [1.29, 1.82) is 0 Å². The zero-order valence-corrected chi connectivity index (χ0v) is 22.6. The maximum Gasteiger partial charge on any atom is 0.305 e. The molecule has 0 bridgehead atoms. The lowest BCUT2D eigenvalue weighted by atomic mass is 9.94. The number of aliphatic carboxylic acids is 1. The van der Waals surface area contributed by atoms with Crippen molar-refractivity contribution in [2.45, 2.75) is 35.2 Å². The first-order chi connectivity index (χ1) is 19.2. The molecule has 2 aliphatic heterocycles. The third-order valence-electron chi connectivity index (χ3n) is 6.92. The van der Waals surface area contributed by atoms with E-state index in [0.717, 1.165) is 0 Å². The summed E-state index contributed by atoms with van der Waals surface area (Å²) in [4.78, 5) is 25.2. The first-order valence-corrected chi connectivity index (χ1v) is 14.0. The van der Waals surface area contributed by atoms with Crippen LogP contribution in [0.15, 0.2) is 65.6 Å². The van der Waals surface area contributed by atoms with Gasteiger partial charge in [0.15, 0.2) is 32.8 Å². The number of hydrogen-bond acceptors (Lipinski definition) is 9. The fraction of sp³-hybridized carbons (Fsp3) is 0.286. The SMILES string of the molecule is COc1ccc(S(=O)(=O)C2NC(C(=O)N[C@@H](CC(=O)O)c3ccc4c(c3)OCO4)Cc3ccccc32)cc1OC. The highest BCUT2D eigenvalue weighted by molar-refractivity contribution is 7.91. The minimum Gasteiger partial charge on any atom is -0.493 e. The summed E-state index contributed by atoms with van der Waals surface area (Å²) in [6, 6.07) is 14.4. The van der Waals surface area contributed by atoms with Crippen LogP contribution in [0.4, 0.5) is 0 Å². The van der Waals surface area contributed by atoms with Crippen molar-refractivity contribution in [2.75, 3.05) is 21.0 Å². The van der Waals surface area contributed by atoms with E-state index in [1.165, 1.54) is 32.4 Å². The summed E-state index contributed by atoms with van der Waals surface area (Å²) in [6.45, 7) is 0.0517. The predicted octanol–water partition coefficient (Wildman–Crippen LogP) is 2.75. The summed E-state index contributed by atoms with van der Waals surface area (Å²) in [5, 5.41) is 14.1. The summed E-state index contributed by atoms with van der Waals surface area (Å²) < 4.78 is 49.0. The Bertz CT molecular complexity index is 1560. The van der Waals surface area contributed by atoms with Gasteiger partial charge in [-0.1, -0.05) is 30.3 Å². The average molecular weight is 569 g/mol. The lowest BCUT2D eigenvalue weighted by molar-refractivity contribution is -0.137. The summed E-state index contributed by atoms with van der Waals surface area (Å²) >= 11 is 0. The number of carbonyl (C=O) groups excluding carboxylic acids is 1. The molecule has 0 spiro atoms. The summed E-state index contributed by atoms with van der Waals surface area (Å²) in [7, 11) is -1.19. The lowest BCUT2D eigenvalue weighted by Crippen LogP contribution is -2.52. The second-order valence-electron chi connectivity index (χ2n) is 9.34. The molecule has 3 atom stereocenters. The molecule has 1 amide bonds. The molecular weight excluding hydrogens is 540 g/mol. The summed E-state index contributed by atoms with van der Waals surface area (Å²) in [5.41, 5.74) is 1.73. The topological polar surface area (TPSA) is 149 Å². The van der Waals surface area contributed by atoms with Gasteiger partial charge in [0.2, 0.25) is 12.7 Å². The fourth-order valence-electron chi connectivity index (χ4n) is 4.91. The van der Waals surface area contributed by atoms with Gasteiger partial charge in [0.1, 0.15) is 5.37 Å². The summed E-state index contributed by atoms with van der Waals surface area (Å²) in [5.74, 6) is -0.0403. The van der Waals surface area contributed by atoms with E-state index >= 15 is 0 Å². The number of fused-ring (bicyclic) bond motifs is 2. The highest BCUT2D eigenvalue weighted by atomic mass is 32.2. The Hall–Kier alpha value is -4.29. The van der Waals surface area contributed by atoms with Gasteiger partial charge in [-0.15, -0.1) is 0 Å². The molecule has 3 N–H and O–H groups in total. The molecule has 2 heterocycles. The number of benzene rings is 3. The van der Waals surface area contributed by atoms with Crippen LogP contribution in [0.2, 0.25) is 0 Å². The molecule has 11 nitrogen and oxygen atoms in total. The van der Waals surface area contributed by atoms with Crippen molar-refractivity contribution < 1.29 is 42.1 Å². The second kappa shape index (κ2) is 11.1. The molecule has 3 aromatic carbocycles. The Morgan fingerprint density at radius 1 is 1.02 bits per heavy atom. The molecule has 12 heteroatoms. The van der Waals surface area contributed by atoms with Crippen LogP contribution in [0.5, 0.6) is 23.0 Å². The van der Waals surface area contributed by atoms with Crippen LogP contribution in [0, 0.1) is 0 Å². The van der Waals surface area contributed by atoms with E-state index in [0.29, 0.717) is 33.9 Å². The first-order valence-electron chi connectivity index (χ1n) is 12.4. The molecule has 5 rings (SSSR count). The number of methoxy groups -OCH3 is 2. The maximum atomic E-state index is 13.9. The zero-order valence-electron chi connectivity index (χ0n) is 21.7. The Labute approximate surface area is 230 Å². The van der Waals surface area contributed by atoms with Crippen LogP contribution in [0.25, 0.3) is 0 Å². The smallest absolute Gasteiger partial charge is 0.305 e. The van der Waals surface area contributed by atoms with E-state index in [1.54, 1.807) is 42.5 Å². The number of carbonyl (C=O) groups is 2. The van der Waals surface area contributed by atoms with Gasteiger partial charge in [0, 0.05) is 6.07 Å². The molecule has 0 saturated heterocycles. The van der Waals surface area contributed by atoms with Gasteiger partial charge < -0.3 is 29.4 Å². The van der Waals surface area contributed by atoms with Gasteiger partial charge in [-0.25, -0.2) is 8.42 Å². The Morgan fingerprint density at radius 3 is 2.52 bits per heavy atom. The second-order valence-corrected chi connectivity index (χ2v) is 11.4. The number of carboxylic acids is 1. The highest BCUT2D eigenvalue weighted by Crippen LogP contribution is 2.38. The van der Waals surface area contributed by atoms with Gasteiger partial charge in [-0.3, -0.25) is 14.9 Å². The molecule has 0 radical (unpaired) electrons. The van der Waals surface area contributed by atoms with Crippen LogP contribution in [0.3, 0.4) is 0 Å². The van der Waals surface area contributed by atoms with Crippen molar-refractivity contribution in [3.8, 4) is 23.0 Å². The Kier molecular flexibility index (Phi) is 7.55. The number of ether oxygens (including phenoxy) is 4. The molecule has 2 unspecified atom stereocenters. The van der Waals surface area contributed by atoms with Crippen LogP contribution in [0.1, 0.15) is 34.5 Å². The third kappa shape index (κ3) is 5.27. The molecule has 210 valence electrons. The quantitative estimate of drug-likeness (QED) is 0.352. The minimum atomic E-state index is -4.06. The number of nitrogens with one attached hydrogen (secondary N) is 2. The number of carboxylic acid groups (broad SMARTS) is 1. The highest BCUT2D eigenvalue weighted by Gasteiger charge is 2.39. The van der Waals surface area contributed by atoms with E-state index in [-0.39, 0.29) is 30.3 Å². The van der Waals surface area contributed by atoms with E-state index in [4.69, 9.17) is 18.9 Å². The molecule has 0 saturated carbocycles. The van der Waals surface area contributed by atoms with Crippen LogP contribution in [-0.2, 0) is 25.8 Å². The molecule has 0 aliphatic carbocycles. The van der Waals surface area contributed by atoms with E-state index in [9.17, 15) is 23.1 Å². The van der Waals surface area contributed by atoms with E-state index in [1.807, 2.05) is 0 Å². The van der Waals surface area contributed by atoms with Crippen LogP contribution >= 0.6 is 0 Å². The van der Waals surface area contributed by atoms with Gasteiger partial charge in [0.25, 0.3) is 0 Å². The van der Waals surface area contributed by atoms with Crippen molar-refractivity contribution in [3.63, 3.8) is 0 Å². The van der Waals surface area contributed by atoms with Crippen molar-refractivity contribution in [1.82, 2.24) is 10.6 Å². The molecule has 2 aliphatic rings. The predicted molar refractivity (Wildman–Crippen MR) is 142 cm³/mol. The van der Waals surface area contributed by atoms with Crippen molar-refractivity contribution >= 4 is 21.7 Å². The first kappa shape index (κ1) is 27.3. The normalized spacial score (nSPS) is 18.4. The standard InChI is InChI=1S/C28H28N2O9S/c1-36-22-10-8-18(13-24(22)37-2)40(34,35)28-19-6-4-3-5-16(19)11-21(30-28)27(33)29-20(14-26(31)32)17-7-9-23-25(12-17)39-15-38-23/h3-10,12-13,20-21,28,30H,11,14-15H2,1-2H3,(H,29,33)(H,31,32)/t20-,21?,28?/m0/s1. The number of hydrogen-bond donors (Lipinski definition) is 3. The third-order valence-corrected chi connectivity index (χ3v) is 8.84. The average Bonchev–Trinajstić information content (AvgIpc) is 3.43. The van der Waals surface area contributed by atoms with Gasteiger partial charge in [-0.2, -0.15) is 0 Å². The molecule has 3 aromatic rings. The van der Waals surface area contributed by atoms with Crippen LogP contribution < -0.4 is 29.6 Å². The fourth-order valence-corrected chi connectivity index (χ4v) is 6.62. The number of amides is 1. The Balaban J connectivity index is 1.45. The Morgan fingerprint density at radius 2 is 1.77 bits per heavy atom. The zero-order chi connectivity index (χ0) is 28.4. The van der Waals surface area contributed by atoms with Crippen molar-refractivity contribution in [2.24, 2.45) is 0 Å². The summed E-state index contributed by atoms with van der Waals surface area (Å²) in [6.07, 6.45) is -0.178. The van der Waals surface area contributed by atoms with E-state index in [2.05, 4.69) is 10.6 Å². The largest absolute Gasteiger partial charge is 0.493 e. The molecule has 0 fully saturated rings. The molecule has 40 heavy (non-hydrogen) atoms. The number of sulfone groups is 1. The molecule has 0 aromatic heterocycles. The van der Waals surface area contributed by atoms with E-state index < -0.39 is 39.2 Å². The molecular formula is C28H28N2O9S. The van der Waals surface area contributed by atoms with Gasteiger partial charge >= 0.3 is 5.97 Å². The van der Waals surface area contributed by atoms with Gasteiger partial charge in [-0.05, 0) is 47.4 Å². The lowest BCUT2D eigenvalue weighted by Gasteiger charge is -2.33. The monoisotopic (exact) mass is 568 g/mol. The van der Waals surface area contributed by atoms with Crippen LogP contribution in [-0.4, -0.2) is 52.5 Å². The van der Waals surface area contributed by atoms with Gasteiger partial charge in [0.05, 0.1) is 37.6 Å². The number of rotatable bonds is 9.